The van der Waals surface area contributed by atoms with Gasteiger partial charge in [0.2, 0.25) is 15.7 Å². The van der Waals surface area contributed by atoms with Gasteiger partial charge in [-0.2, -0.15) is 0 Å². The van der Waals surface area contributed by atoms with E-state index in [1.807, 2.05) is 0 Å². The highest BCUT2D eigenvalue weighted by Gasteiger charge is 2.23. The second kappa shape index (κ2) is 10.5. The number of amides is 1. The number of benzene rings is 2. The number of aromatic nitrogens is 2. The van der Waals surface area contributed by atoms with Crippen LogP contribution in [0.15, 0.2) is 62.3 Å². The topological polar surface area (TPSA) is 127 Å². The van der Waals surface area contributed by atoms with E-state index in [9.17, 15) is 18.0 Å². The Bertz CT molecular complexity index is 1320. The number of sulfone groups is 1. The number of nitrogens with one attached hydrogen (secondary N) is 2. The Morgan fingerprint density at radius 3 is 2.21 bits per heavy atom. The second-order valence-electron chi connectivity index (χ2n) is 6.43. The van der Waals surface area contributed by atoms with Crippen molar-refractivity contribution in [3.8, 4) is 11.5 Å². The summed E-state index contributed by atoms with van der Waals surface area (Å²) >= 11 is 12.7. The Morgan fingerprint density at radius 2 is 1.67 bits per heavy atom. The number of thioether (sulfide) groups is 1. The normalized spacial score (nSPS) is 11.2. The minimum Gasteiger partial charge on any atom is -0.497 e. The zero-order valence-electron chi connectivity index (χ0n) is 17.2. The molecule has 0 aliphatic rings. The Balaban J connectivity index is 1.72. The third-order valence-corrected chi connectivity index (χ3v) is 7.20. The molecule has 9 nitrogen and oxygen atoms in total. The lowest BCUT2D eigenvalue weighted by Gasteiger charge is -2.10. The number of carbonyl (C=O) groups excluding carboxylic acids is 1. The molecule has 0 spiro atoms. The van der Waals surface area contributed by atoms with Crippen LogP contribution < -0.4 is 20.3 Å². The minimum absolute atomic E-state index is 0.0708. The predicted molar refractivity (Wildman–Crippen MR) is 126 cm³/mol. The molecule has 0 bridgehead atoms. The highest BCUT2D eigenvalue weighted by atomic mass is 35.5. The molecule has 0 fully saturated rings. The van der Waals surface area contributed by atoms with Gasteiger partial charge in [-0.3, -0.25) is 9.59 Å². The number of nitrogens with zero attached hydrogens (tertiary/aromatic N) is 1. The summed E-state index contributed by atoms with van der Waals surface area (Å²) in [6, 6.07) is 8.63. The van der Waals surface area contributed by atoms with Crippen LogP contribution in [-0.2, 0) is 14.6 Å². The van der Waals surface area contributed by atoms with Gasteiger partial charge in [-0.1, -0.05) is 35.0 Å². The van der Waals surface area contributed by atoms with E-state index in [0.29, 0.717) is 17.2 Å². The summed E-state index contributed by atoms with van der Waals surface area (Å²) in [4.78, 5) is 30.2. The van der Waals surface area contributed by atoms with Crippen molar-refractivity contribution in [1.82, 2.24) is 9.97 Å². The lowest BCUT2D eigenvalue weighted by Crippen LogP contribution is -2.20. The highest BCUT2D eigenvalue weighted by Crippen LogP contribution is 2.27. The molecule has 1 aromatic heterocycles. The van der Waals surface area contributed by atoms with E-state index in [0.717, 1.165) is 18.0 Å². The molecule has 13 heteroatoms. The summed E-state index contributed by atoms with van der Waals surface area (Å²) in [5.74, 6) is 0.517. The molecule has 0 saturated heterocycles. The SMILES string of the molecule is COc1cc(NC(=O)CSc2ncc(S(=O)(=O)c3cc(Cl)cc(Cl)c3)c(=O)[nH]2)cc(OC)c1. The van der Waals surface area contributed by atoms with Crippen molar-refractivity contribution in [2.45, 2.75) is 14.9 Å². The summed E-state index contributed by atoms with van der Waals surface area (Å²) in [6.07, 6.45) is 0.927. The fourth-order valence-electron chi connectivity index (χ4n) is 2.65. The third-order valence-electron chi connectivity index (χ3n) is 4.15. The van der Waals surface area contributed by atoms with Crippen molar-refractivity contribution < 1.29 is 22.7 Å². The van der Waals surface area contributed by atoms with Gasteiger partial charge in [-0.15, -0.1) is 0 Å². The largest absolute Gasteiger partial charge is 0.497 e. The van der Waals surface area contributed by atoms with Gasteiger partial charge in [0.15, 0.2) is 10.1 Å². The number of methoxy groups -OCH3 is 2. The van der Waals surface area contributed by atoms with Gasteiger partial charge in [-0.05, 0) is 18.2 Å². The maximum absolute atomic E-state index is 12.8. The van der Waals surface area contributed by atoms with Crippen LogP contribution in [0.5, 0.6) is 11.5 Å². The molecule has 1 amide bonds. The van der Waals surface area contributed by atoms with Gasteiger partial charge in [0.25, 0.3) is 5.56 Å². The van der Waals surface area contributed by atoms with E-state index >= 15 is 0 Å². The first-order valence-corrected chi connectivity index (χ1v) is 12.3. The van der Waals surface area contributed by atoms with Crippen molar-refractivity contribution in [2.75, 3.05) is 25.3 Å². The predicted octanol–water partition coefficient (Wildman–Crippen LogP) is 3.66. The first kappa shape index (κ1) is 24.9. The monoisotopic (exact) mass is 529 g/mol. The average molecular weight is 530 g/mol. The molecule has 0 saturated carbocycles. The number of hydrogen-bond acceptors (Lipinski definition) is 8. The van der Waals surface area contributed by atoms with Crippen molar-refractivity contribution >= 4 is 56.4 Å². The van der Waals surface area contributed by atoms with E-state index in [2.05, 4.69) is 15.3 Å². The molecule has 0 atom stereocenters. The van der Waals surface area contributed by atoms with Crippen LogP contribution in [0.25, 0.3) is 0 Å². The molecule has 0 unspecified atom stereocenters. The Kier molecular flexibility index (Phi) is 7.90. The van der Waals surface area contributed by atoms with E-state index in [1.165, 1.54) is 32.4 Å². The number of anilines is 1. The van der Waals surface area contributed by atoms with E-state index in [1.54, 1.807) is 18.2 Å². The number of halogens is 2. The molecule has 2 N–H and O–H groups in total. The van der Waals surface area contributed by atoms with Crippen LogP contribution in [0.2, 0.25) is 10.0 Å². The van der Waals surface area contributed by atoms with Crippen LogP contribution in [-0.4, -0.2) is 44.3 Å². The summed E-state index contributed by atoms with van der Waals surface area (Å²) < 4.78 is 35.9. The molecule has 1 heterocycles. The van der Waals surface area contributed by atoms with E-state index < -0.39 is 20.3 Å². The van der Waals surface area contributed by atoms with Crippen LogP contribution in [0.3, 0.4) is 0 Å². The summed E-state index contributed by atoms with van der Waals surface area (Å²) in [5, 5.41) is 2.97. The maximum atomic E-state index is 12.8. The third kappa shape index (κ3) is 6.20. The summed E-state index contributed by atoms with van der Waals surface area (Å²) in [6.45, 7) is 0. The van der Waals surface area contributed by atoms with Crippen molar-refractivity contribution in [1.29, 1.82) is 0 Å². The number of hydrogen-bond donors (Lipinski definition) is 2. The van der Waals surface area contributed by atoms with Crippen LogP contribution in [0, 0.1) is 0 Å². The zero-order valence-corrected chi connectivity index (χ0v) is 20.4. The van der Waals surface area contributed by atoms with Gasteiger partial charge in [0.05, 0.1) is 31.1 Å². The quantitative estimate of drug-likeness (QED) is 0.334. The lowest BCUT2D eigenvalue weighted by molar-refractivity contribution is -0.113. The molecule has 3 rings (SSSR count). The first-order valence-electron chi connectivity index (χ1n) is 9.08. The standard InChI is InChI=1S/C20H17Cl2N3O6S2/c1-30-14-6-13(7-15(8-14)31-2)24-18(26)10-32-20-23-9-17(19(27)25-20)33(28,29)16-4-11(21)3-12(22)5-16/h3-9H,10H2,1-2H3,(H,24,26)(H,23,25,27). The van der Waals surface area contributed by atoms with Gasteiger partial charge < -0.3 is 19.8 Å². The van der Waals surface area contributed by atoms with E-state index in [4.69, 9.17) is 32.7 Å². The maximum Gasteiger partial charge on any atom is 0.270 e. The fraction of sp³-hybridized carbons (Fsp3) is 0.150. The number of ether oxygens (including phenoxy) is 2. The summed E-state index contributed by atoms with van der Waals surface area (Å²) in [7, 11) is -1.23. The van der Waals surface area contributed by atoms with Crippen LogP contribution in [0.1, 0.15) is 0 Å². The fourth-order valence-corrected chi connectivity index (χ4v) is 5.25. The lowest BCUT2D eigenvalue weighted by atomic mass is 10.2. The summed E-state index contributed by atoms with van der Waals surface area (Å²) in [5.41, 5.74) is -0.429. The van der Waals surface area contributed by atoms with Crippen molar-refractivity contribution in [3.63, 3.8) is 0 Å². The second-order valence-corrected chi connectivity index (χ2v) is 10.2. The van der Waals surface area contributed by atoms with Crippen molar-refractivity contribution in [3.05, 3.63) is 63.0 Å². The molecular formula is C20H17Cl2N3O6S2. The molecular weight excluding hydrogens is 513 g/mol. The van der Waals surface area contributed by atoms with Crippen molar-refractivity contribution in [2.24, 2.45) is 0 Å². The Morgan fingerprint density at radius 1 is 1.06 bits per heavy atom. The molecule has 3 aromatic rings. The minimum atomic E-state index is -4.20. The zero-order chi connectivity index (χ0) is 24.2. The highest BCUT2D eigenvalue weighted by molar-refractivity contribution is 7.99. The number of rotatable bonds is 8. The molecule has 0 aliphatic carbocycles. The number of H-pyrrole nitrogens is 1. The Hall–Kier alpha value is -2.73. The van der Waals surface area contributed by atoms with E-state index in [-0.39, 0.29) is 31.8 Å². The Labute approximate surface area is 203 Å². The number of carbonyl (C=O) groups is 1. The average Bonchev–Trinajstić information content (AvgIpc) is 2.76. The molecule has 0 radical (unpaired) electrons. The number of aromatic amines is 1. The van der Waals surface area contributed by atoms with Gasteiger partial charge in [-0.25, -0.2) is 13.4 Å². The van der Waals surface area contributed by atoms with Gasteiger partial charge in [0.1, 0.15) is 11.5 Å². The first-order chi connectivity index (χ1) is 15.6. The molecule has 2 aromatic carbocycles. The smallest absolute Gasteiger partial charge is 0.270 e. The van der Waals surface area contributed by atoms with Crippen LogP contribution in [0.4, 0.5) is 5.69 Å². The molecule has 33 heavy (non-hydrogen) atoms. The van der Waals surface area contributed by atoms with Crippen LogP contribution >= 0.6 is 35.0 Å². The van der Waals surface area contributed by atoms with Gasteiger partial charge >= 0.3 is 0 Å². The molecule has 174 valence electrons. The van der Waals surface area contributed by atoms with Gasteiger partial charge in [0, 0.05) is 33.9 Å². The molecule has 0 aliphatic heterocycles.